The molecule has 9 heteroatoms. The second-order valence-electron chi connectivity index (χ2n) is 4.87. The summed E-state index contributed by atoms with van der Waals surface area (Å²) < 4.78 is 65.0. The maximum absolute atomic E-state index is 13.8. The lowest BCUT2D eigenvalue weighted by Gasteiger charge is -2.22. The fraction of sp³-hybridized carbons (Fsp3) is 0.133. The van der Waals surface area contributed by atoms with Crippen LogP contribution in [0.4, 0.5) is 24.5 Å². The van der Waals surface area contributed by atoms with Crippen molar-refractivity contribution in [3.8, 4) is 0 Å². The number of nitrogens with one attached hydrogen (secondary N) is 1. The quantitative estimate of drug-likeness (QED) is 0.893. The van der Waals surface area contributed by atoms with Crippen molar-refractivity contribution < 1.29 is 26.4 Å². The fourth-order valence-electron chi connectivity index (χ4n) is 1.96. The summed E-state index contributed by atoms with van der Waals surface area (Å²) in [6.45, 7) is -0.840. The maximum Gasteiger partial charge on any atom is 0.245 e. The van der Waals surface area contributed by atoms with E-state index in [1.54, 1.807) is 0 Å². The summed E-state index contributed by atoms with van der Waals surface area (Å²) in [5, 5.41) is 1.95. The lowest BCUT2D eigenvalue weighted by molar-refractivity contribution is -0.114. The highest BCUT2D eigenvalue weighted by molar-refractivity contribution is 7.92. The molecule has 0 fully saturated rings. The minimum Gasteiger partial charge on any atom is -0.320 e. The van der Waals surface area contributed by atoms with Crippen molar-refractivity contribution in [2.75, 3.05) is 22.4 Å². The van der Waals surface area contributed by atoms with E-state index in [0.717, 1.165) is 30.5 Å². The van der Waals surface area contributed by atoms with Crippen molar-refractivity contribution in [3.63, 3.8) is 0 Å². The number of hydrogen-bond donors (Lipinski definition) is 1. The van der Waals surface area contributed by atoms with E-state index in [1.807, 2.05) is 5.32 Å². The number of nitrogens with zero attached hydrogens (tertiary/aromatic N) is 1. The van der Waals surface area contributed by atoms with Gasteiger partial charge in [-0.15, -0.1) is 0 Å². The van der Waals surface area contributed by atoms with E-state index in [2.05, 4.69) is 0 Å². The summed E-state index contributed by atoms with van der Waals surface area (Å²) in [4.78, 5) is 12.0. The van der Waals surface area contributed by atoms with Crippen LogP contribution in [0, 0.1) is 17.5 Å². The second-order valence-corrected chi connectivity index (χ2v) is 6.77. The van der Waals surface area contributed by atoms with Crippen LogP contribution in [0.25, 0.3) is 0 Å². The first-order valence-corrected chi connectivity index (χ1v) is 8.51. The van der Waals surface area contributed by atoms with Gasteiger partial charge in [0.1, 0.15) is 29.7 Å². The predicted octanol–water partition coefficient (Wildman–Crippen LogP) is 2.51. The number of carbonyl (C=O) groups is 1. The molecule has 0 radical (unpaired) electrons. The van der Waals surface area contributed by atoms with Gasteiger partial charge in [-0.05, 0) is 24.3 Å². The average Bonchev–Trinajstić information content (AvgIpc) is 2.48. The Balaban J connectivity index is 2.28. The first-order chi connectivity index (χ1) is 11.2. The molecule has 0 saturated heterocycles. The Morgan fingerprint density at radius 3 is 2.08 bits per heavy atom. The van der Waals surface area contributed by atoms with Gasteiger partial charge in [-0.1, -0.05) is 18.2 Å². The lowest BCUT2D eigenvalue weighted by atomic mass is 10.3. The highest BCUT2D eigenvalue weighted by Gasteiger charge is 2.24. The van der Waals surface area contributed by atoms with Crippen molar-refractivity contribution in [2.24, 2.45) is 0 Å². The molecule has 5 nitrogen and oxygen atoms in total. The number of para-hydroxylation sites is 2. The molecule has 0 aliphatic carbocycles. The molecule has 24 heavy (non-hydrogen) atoms. The number of rotatable bonds is 5. The number of hydrogen-bond acceptors (Lipinski definition) is 3. The van der Waals surface area contributed by atoms with Crippen LogP contribution in [0.2, 0.25) is 0 Å². The fourth-order valence-corrected chi connectivity index (χ4v) is 2.82. The summed E-state index contributed by atoms with van der Waals surface area (Å²) >= 11 is 0. The molecule has 0 saturated carbocycles. The zero-order valence-electron chi connectivity index (χ0n) is 12.5. The van der Waals surface area contributed by atoms with Crippen LogP contribution in [-0.4, -0.2) is 27.1 Å². The van der Waals surface area contributed by atoms with Gasteiger partial charge in [0.25, 0.3) is 0 Å². The van der Waals surface area contributed by atoms with Crippen LogP contribution < -0.4 is 9.62 Å². The Labute approximate surface area is 136 Å². The van der Waals surface area contributed by atoms with Gasteiger partial charge in [0.05, 0.1) is 11.9 Å². The standard InChI is InChI=1S/C15H13F3N2O3S/c1-24(22,23)20(13-8-3-2-5-10(13)16)9-14(21)19-15-11(17)6-4-7-12(15)18/h2-8H,9H2,1H3,(H,19,21). The van der Waals surface area contributed by atoms with Gasteiger partial charge in [0.2, 0.25) is 15.9 Å². The number of sulfonamides is 1. The Hall–Kier alpha value is -2.55. The van der Waals surface area contributed by atoms with Crippen molar-refractivity contribution in [1.82, 2.24) is 0 Å². The maximum atomic E-state index is 13.8. The highest BCUT2D eigenvalue weighted by Crippen LogP contribution is 2.22. The third kappa shape index (κ3) is 4.05. The highest BCUT2D eigenvalue weighted by atomic mass is 32.2. The minimum atomic E-state index is -4.00. The van der Waals surface area contributed by atoms with Crippen LogP contribution >= 0.6 is 0 Å². The number of carbonyl (C=O) groups excluding carboxylic acids is 1. The zero-order chi connectivity index (χ0) is 17.9. The van der Waals surface area contributed by atoms with E-state index < -0.39 is 45.6 Å². The van der Waals surface area contributed by atoms with Gasteiger partial charge in [0.15, 0.2) is 0 Å². The molecule has 0 aliphatic heterocycles. The second kappa shape index (κ2) is 6.91. The van der Waals surface area contributed by atoms with Crippen LogP contribution in [0.5, 0.6) is 0 Å². The SMILES string of the molecule is CS(=O)(=O)N(CC(=O)Nc1c(F)cccc1F)c1ccccc1F. The van der Waals surface area contributed by atoms with Crippen molar-refractivity contribution in [3.05, 3.63) is 59.9 Å². The number of halogens is 3. The van der Waals surface area contributed by atoms with Gasteiger partial charge in [-0.2, -0.15) is 0 Å². The molecule has 0 atom stereocenters. The van der Waals surface area contributed by atoms with E-state index in [-0.39, 0.29) is 5.69 Å². The van der Waals surface area contributed by atoms with Crippen LogP contribution in [0.1, 0.15) is 0 Å². The number of benzene rings is 2. The molecule has 2 aromatic rings. The molecule has 1 amide bonds. The van der Waals surface area contributed by atoms with E-state index in [1.165, 1.54) is 18.2 Å². The average molecular weight is 358 g/mol. The molecule has 1 N–H and O–H groups in total. The van der Waals surface area contributed by atoms with Crippen LogP contribution in [0.3, 0.4) is 0 Å². The summed E-state index contributed by atoms with van der Waals surface area (Å²) in [5.74, 6) is -3.90. The largest absolute Gasteiger partial charge is 0.320 e. The normalized spacial score (nSPS) is 11.2. The zero-order valence-corrected chi connectivity index (χ0v) is 13.3. The lowest BCUT2D eigenvalue weighted by Crippen LogP contribution is -2.38. The molecular weight excluding hydrogens is 345 g/mol. The van der Waals surface area contributed by atoms with Gasteiger partial charge < -0.3 is 5.32 Å². The molecule has 0 aliphatic rings. The molecule has 2 aromatic carbocycles. The third-order valence-corrected chi connectivity index (χ3v) is 4.16. The van der Waals surface area contributed by atoms with Gasteiger partial charge in [-0.25, -0.2) is 21.6 Å². The first-order valence-electron chi connectivity index (χ1n) is 6.66. The van der Waals surface area contributed by atoms with Crippen molar-refractivity contribution >= 4 is 27.3 Å². The third-order valence-electron chi connectivity index (χ3n) is 3.04. The summed E-state index contributed by atoms with van der Waals surface area (Å²) in [6.07, 6.45) is 0.788. The molecule has 0 bridgehead atoms. The van der Waals surface area contributed by atoms with Crippen LogP contribution in [-0.2, 0) is 14.8 Å². The summed E-state index contributed by atoms with van der Waals surface area (Å²) in [7, 11) is -4.00. The Kier molecular flexibility index (Phi) is 5.13. The Morgan fingerprint density at radius 1 is 1.00 bits per heavy atom. The van der Waals surface area contributed by atoms with E-state index in [9.17, 15) is 26.4 Å². The van der Waals surface area contributed by atoms with Crippen LogP contribution in [0.15, 0.2) is 42.5 Å². The Morgan fingerprint density at radius 2 is 1.54 bits per heavy atom. The molecule has 0 spiro atoms. The predicted molar refractivity (Wildman–Crippen MR) is 83.6 cm³/mol. The van der Waals surface area contributed by atoms with E-state index >= 15 is 0 Å². The van der Waals surface area contributed by atoms with Crippen molar-refractivity contribution in [1.29, 1.82) is 0 Å². The summed E-state index contributed by atoms with van der Waals surface area (Å²) in [5.41, 5.74) is -1.05. The summed E-state index contributed by atoms with van der Waals surface area (Å²) in [6, 6.07) is 7.94. The molecular formula is C15H13F3N2O3S. The molecule has 0 heterocycles. The van der Waals surface area contributed by atoms with Gasteiger partial charge in [0, 0.05) is 0 Å². The smallest absolute Gasteiger partial charge is 0.245 e. The Bertz CT molecular complexity index is 852. The molecule has 0 aromatic heterocycles. The molecule has 2 rings (SSSR count). The number of anilines is 2. The van der Waals surface area contributed by atoms with E-state index in [4.69, 9.17) is 0 Å². The monoisotopic (exact) mass is 358 g/mol. The molecule has 128 valence electrons. The van der Waals surface area contributed by atoms with Crippen molar-refractivity contribution in [2.45, 2.75) is 0 Å². The topological polar surface area (TPSA) is 66.5 Å². The van der Waals surface area contributed by atoms with E-state index in [0.29, 0.717) is 4.31 Å². The minimum absolute atomic E-state index is 0.343. The van der Waals surface area contributed by atoms with Gasteiger partial charge >= 0.3 is 0 Å². The first kappa shape index (κ1) is 17.8. The van der Waals surface area contributed by atoms with Gasteiger partial charge in [-0.3, -0.25) is 9.10 Å². The molecule has 0 unspecified atom stereocenters. The number of amides is 1.